The van der Waals surface area contributed by atoms with Crippen LogP contribution in [0.1, 0.15) is 35.8 Å². The third-order valence-electron chi connectivity index (χ3n) is 2.06. The predicted octanol–water partition coefficient (Wildman–Crippen LogP) is 1.95. The van der Waals surface area contributed by atoms with Gasteiger partial charge in [0.15, 0.2) is 0 Å². The van der Waals surface area contributed by atoms with Crippen molar-refractivity contribution in [2.24, 2.45) is 0 Å². The van der Waals surface area contributed by atoms with Gasteiger partial charge in [-0.1, -0.05) is 19.8 Å². The highest BCUT2D eigenvalue weighted by atomic mass is 16.4. The number of nitrogens with zero attached hydrogens (tertiary/aromatic N) is 1. The van der Waals surface area contributed by atoms with Gasteiger partial charge in [0.05, 0.1) is 12.1 Å². The highest BCUT2D eigenvalue weighted by Gasteiger charge is 2.10. The van der Waals surface area contributed by atoms with Crippen molar-refractivity contribution in [2.45, 2.75) is 19.8 Å². The lowest BCUT2D eigenvalue weighted by Crippen LogP contribution is -2.07. The molecule has 0 saturated heterocycles. The van der Waals surface area contributed by atoms with Crippen LogP contribution < -0.4 is 5.32 Å². The zero-order valence-electron chi connectivity index (χ0n) is 9.32. The summed E-state index contributed by atoms with van der Waals surface area (Å²) in [4.78, 5) is 15.2. The second-order valence-corrected chi connectivity index (χ2v) is 3.68. The zero-order valence-corrected chi connectivity index (χ0v) is 9.32. The lowest BCUT2D eigenvalue weighted by molar-refractivity contribution is 0.0696. The third kappa shape index (κ3) is 2.99. The Hall–Kier alpha value is -2.02. The molecule has 1 rings (SSSR count). The van der Waals surface area contributed by atoms with Crippen molar-refractivity contribution in [2.75, 3.05) is 11.9 Å². The Bertz CT molecular complexity index is 433. The van der Waals surface area contributed by atoms with Gasteiger partial charge in [-0.05, 0) is 18.1 Å². The molecule has 0 fully saturated rings. The minimum atomic E-state index is -0.965. The molecule has 0 aliphatic carbocycles. The summed E-state index contributed by atoms with van der Waals surface area (Å²) in [5.74, 6) is 2.12. The molecule has 2 N–H and O–H groups in total. The number of rotatable bonds is 4. The van der Waals surface area contributed by atoms with Gasteiger partial charge < -0.3 is 10.4 Å². The van der Waals surface area contributed by atoms with Gasteiger partial charge in [-0.25, -0.2) is 9.78 Å². The maximum atomic E-state index is 10.9. The number of anilines is 1. The zero-order chi connectivity index (χ0) is 12.1. The Morgan fingerprint density at radius 2 is 2.31 bits per heavy atom. The second-order valence-electron chi connectivity index (χ2n) is 3.68. The van der Waals surface area contributed by atoms with Crippen molar-refractivity contribution in [1.82, 2.24) is 4.98 Å². The fraction of sp³-hybridized carbons (Fsp3) is 0.333. The van der Waals surface area contributed by atoms with Gasteiger partial charge in [0.1, 0.15) is 5.82 Å². The number of nitrogens with one attached hydrogen (secondary N) is 1. The molecule has 16 heavy (non-hydrogen) atoms. The Morgan fingerprint density at radius 3 is 2.81 bits per heavy atom. The summed E-state index contributed by atoms with van der Waals surface area (Å²) in [5.41, 5.74) is 0.956. The Morgan fingerprint density at radius 1 is 1.62 bits per heavy atom. The Kier molecular flexibility index (Phi) is 3.90. The summed E-state index contributed by atoms with van der Waals surface area (Å²) in [5, 5.41) is 11.8. The molecule has 4 nitrogen and oxygen atoms in total. The monoisotopic (exact) mass is 218 g/mol. The molecule has 4 heteroatoms. The molecule has 1 aromatic heterocycles. The van der Waals surface area contributed by atoms with Crippen LogP contribution in [0.4, 0.5) is 5.82 Å². The number of hydrogen-bond acceptors (Lipinski definition) is 3. The first kappa shape index (κ1) is 12.1. The molecule has 0 saturated carbocycles. The van der Waals surface area contributed by atoms with Gasteiger partial charge >= 0.3 is 5.97 Å². The Labute approximate surface area is 94.7 Å². The van der Waals surface area contributed by atoms with E-state index in [-0.39, 0.29) is 11.5 Å². The number of terminal acetylenes is 1. The van der Waals surface area contributed by atoms with Crippen molar-refractivity contribution >= 4 is 11.8 Å². The summed E-state index contributed by atoms with van der Waals surface area (Å²) in [6, 6.07) is 3.06. The van der Waals surface area contributed by atoms with Gasteiger partial charge in [-0.2, -0.15) is 0 Å². The van der Waals surface area contributed by atoms with Crippen LogP contribution in [0, 0.1) is 12.3 Å². The van der Waals surface area contributed by atoms with Crippen molar-refractivity contribution in [3.8, 4) is 12.3 Å². The molecule has 0 amide bonds. The summed E-state index contributed by atoms with van der Waals surface area (Å²) >= 11 is 0. The molecule has 0 aromatic carbocycles. The predicted molar refractivity (Wildman–Crippen MR) is 62.6 cm³/mol. The molecule has 1 heterocycles. The molecule has 1 aromatic rings. The molecule has 0 bridgehead atoms. The second kappa shape index (κ2) is 5.17. The van der Waals surface area contributed by atoms with E-state index in [1.54, 1.807) is 6.07 Å². The van der Waals surface area contributed by atoms with E-state index in [1.807, 2.05) is 13.8 Å². The maximum absolute atomic E-state index is 10.9. The Balaban J connectivity index is 3.09. The van der Waals surface area contributed by atoms with E-state index in [0.29, 0.717) is 12.4 Å². The molecule has 0 radical (unpaired) electrons. The summed E-state index contributed by atoms with van der Waals surface area (Å²) in [6.07, 6.45) is 5.12. The van der Waals surface area contributed by atoms with Gasteiger partial charge in [0.2, 0.25) is 0 Å². The molecular formula is C12H14N2O2. The number of aromatic carboxylic acids is 1. The maximum Gasteiger partial charge on any atom is 0.335 e. The van der Waals surface area contributed by atoms with Gasteiger partial charge in [-0.3, -0.25) is 0 Å². The van der Waals surface area contributed by atoms with E-state index >= 15 is 0 Å². The molecule has 0 aliphatic heterocycles. The molecule has 0 spiro atoms. The van der Waals surface area contributed by atoms with E-state index in [4.69, 9.17) is 11.5 Å². The molecule has 0 aliphatic rings. The van der Waals surface area contributed by atoms with E-state index < -0.39 is 5.97 Å². The van der Waals surface area contributed by atoms with Gasteiger partial charge in [0, 0.05) is 5.69 Å². The van der Waals surface area contributed by atoms with Crippen LogP contribution >= 0.6 is 0 Å². The van der Waals surface area contributed by atoms with Crippen molar-refractivity contribution in [3.05, 3.63) is 23.4 Å². The van der Waals surface area contributed by atoms with Crippen molar-refractivity contribution < 1.29 is 9.90 Å². The minimum absolute atomic E-state index is 0.172. The van der Waals surface area contributed by atoms with Crippen LogP contribution in [0.2, 0.25) is 0 Å². The first-order valence-corrected chi connectivity index (χ1v) is 4.97. The SMILES string of the molecule is C#CCNc1cc(C(=O)O)cc(C(C)C)n1. The number of carbonyl (C=O) groups is 1. The van der Waals surface area contributed by atoms with Crippen LogP contribution in [0.15, 0.2) is 12.1 Å². The van der Waals surface area contributed by atoms with Crippen molar-refractivity contribution in [3.63, 3.8) is 0 Å². The summed E-state index contributed by atoms with van der Waals surface area (Å²) in [6.45, 7) is 4.24. The number of carboxylic acid groups (broad SMARTS) is 1. The normalized spacial score (nSPS) is 9.88. The van der Waals surface area contributed by atoms with Crippen LogP contribution in [-0.2, 0) is 0 Å². The van der Waals surface area contributed by atoms with Crippen LogP contribution in [0.5, 0.6) is 0 Å². The number of hydrogen-bond donors (Lipinski definition) is 2. The average molecular weight is 218 g/mol. The molecular weight excluding hydrogens is 204 g/mol. The van der Waals surface area contributed by atoms with E-state index in [0.717, 1.165) is 5.69 Å². The third-order valence-corrected chi connectivity index (χ3v) is 2.06. The van der Waals surface area contributed by atoms with Gasteiger partial charge in [-0.15, -0.1) is 6.42 Å². The fourth-order valence-electron chi connectivity index (χ4n) is 1.20. The first-order valence-electron chi connectivity index (χ1n) is 4.97. The first-order chi connectivity index (χ1) is 7.54. The van der Waals surface area contributed by atoms with E-state index in [9.17, 15) is 4.79 Å². The van der Waals surface area contributed by atoms with Crippen molar-refractivity contribution in [1.29, 1.82) is 0 Å². The highest BCUT2D eigenvalue weighted by Crippen LogP contribution is 2.17. The summed E-state index contributed by atoms with van der Waals surface area (Å²) < 4.78 is 0. The number of aromatic nitrogens is 1. The molecule has 0 atom stereocenters. The highest BCUT2D eigenvalue weighted by molar-refractivity contribution is 5.88. The fourth-order valence-corrected chi connectivity index (χ4v) is 1.20. The topological polar surface area (TPSA) is 62.2 Å². The lowest BCUT2D eigenvalue weighted by atomic mass is 10.1. The molecule has 84 valence electrons. The van der Waals surface area contributed by atoms with Gasteiger partial charge in [0.25, 0.3) is 0 Å². The average Bonchev–Trinajstić information content (AvgIpc) is 2.25. The largest absolute Gasteiger partial charge is 0.478 e. The van der Waals surface area contributed by atoms with E-state index in [1.165, 1.54) is 6.07 Å². The smallest absolute Gasteiger partial charge is 0.335 e. The van der Waals surface area contributed by atoms with Crippen LogP contribution in [0.25, 0.3) is 0 Å². The minimum Gasteiger partial charge on any atom is -0.478 e. The molecule has 0 unspecified atom stereocenters. The van der Waals surface area contributed by atoms with E-state index in [2.05, 4.69) is 16.2 Å². The van der Waals surface area contributed by atoms with Crippen LogP contribution in [-0.4, -0.2) is 22.6 Å². The number of carboxylic acids is 1. The quantitative estimate of drug-likeness (QED) is 0.758. The lowest BCUT2D eigenvalue weighted by Gasteiger charge is -2.09. The summed E-state index contributed by atoms with van der Waals surface area (Å²) in [7, 11) is 0. The number of pyridine rings is 1. The van der Waals surface area contributed by atoms with Crippen LogP contribution in [0.3, 0.4) is 0 Å². The standard InChI is InChI=1S/C12H14N2O2/c1-4-5-13-11-7-9(12(15)16)6-10(14-11)8(2)3/h1,6-8H,5H2,2-3H3,(H,13,14)(H,15,16).